The molecule has 1 saturated heterocycles. The maximum absolute atomic E-state index is 5.31. The van der Waals surface area contributed by atoms with Gasteiger partial charge in [0.05, 0.1) is 18.8 Å². The zero-order valence-electron chi connectivity index (χ0n) is 15.9. The van der Waals surface area contributed by atoms with Crippen LogP contribution in [0, 0.1) is 5.92 Å². The van der Waals surface area contributed by atoms with E-state index < -0.39 is 0 Å². The lowest BCUT2D eigenvalue weighted by molar-refractivity contribution is 0.157. The largest absolute Gasteiger partial charge is 0.384 e. The summed E-state index contributed by atoms with van der Waals surface area (Å²) in [6, 6.07) is 0. The molecule has 0 radical (unpaired) electrons. The van der Waals surface area contributed by atoms with Crippen molar-refractivity contribution in [3.8, 4) is 0 Å². The van der Waals surface area contributed by atoms with E-state index in [4.69, 9.17) is 9.73 Å². The van der Waals surface area contributed by atoms with Gasteiger partial charge in [0.15, 0.2) is 5.96 Å². The molecule has 0 aromatic carbocycles. The number of aliphatic imine (C=N–C) groups is 1. The van der Waals surface area contributed by atoms with Gasteiger partial charge in [0.2, 0.25) is 0 Å². The lowest BCUT2D eigenvalue weighted by atomic mass is 10.1. The Morgan fingerprint density at radius 2 is 2.12 bits per heavy atom. The summed E-state index contributed by atoms with van der Waals surface area (Å²) in [6.07, 6.45) is 3.12. The molecule has 2 rings (SSSR count). The molecule has 136 valence electrons. The molecule has 1 aromatic heterocycles. The number of methoxy groups -OCH3 is 1. The summed E-state index contributed by atoms with van der Waals surface area (Å²) in [5, 5.41) is 8.10. The average Bonchev–Trinajstić information content (AvgIpc) is 3.15. The maximum atomic E-state index is 5.31. The fraction of sp³-hybridized carbons (Fsp3) is 0.778. The van der Waals surface area contributed by atoms with Gasteiger partial charge in [-0.05, 0) is 26.2 Å². The number of nitrogens with one attached hydrogen (secondary N) is 1. The molecule has 1 fully saturated rings. The summed E-state index contributed by atoms with van der Waals surface area (Å²) in [7, 11) is 3.81. The van der Waals surface area contributed by atoms with Crippen molar-refractivity contribution in [3.63, 3.8) is 0 Å². The predicted octanol–water partition coefficient (Wildman–Crippen LogP) is 1.98. The Balaban J connectivity index is 2.14. The van der Waals surface area contributed by atoms with E-state index >= 15 is 0 Å². The lowest BCUT2D eigenvalue weighted by Gasteiger charge is -2.21. The van der Waals surface area contributed by atoms with E-state index in [0.29, 0.717) is 12.5 Å². The molecule has 0 aliphatic carbocycles. The molecule has 0 bridgehead atoms. The minimum absolute atomic E-state index is 0.606. The van der Waals surface area contributed by atoms with Crippen LogP contribution in [0.2, 0.25) is 0 Å². The third kappa shape index (κ3) is 4.29. The number of likely N-dealkylation sites (tertiary alicyclic amines) is 1. The van der Waals surface area contributed by atoms with Crippen LogP contribution in [0.25, 0.3) is 0 Å². The van der Waals surface area contributed by atoms with Crippen molar-refractivity contribution in [3.05, 3.63) is 17.0 Å². The second-order valence-electron chi connectivity index (χ2n) is 6.43. The standard InChI is InChI=1S/C18H33N5O/c1-6-16-15(17(7-2)22(4)21-16)11-20-18(19-8-3)23-10-9-14(12-23)13-24-5/h14H,6-13H2,1-5H3,(H,19,20). The van der Waals surface area contributed by atoms with Crippen LogP contribution >= 0.6 is 0 Å². The van der Waals surface area contributed by atoms with E-state index in [1.807, 2.05) is 11.7 Å². The fourth-order valence-corrected chi connectivity index (χ4v) is 3.55. The minimum atomic E-state index is 0.606. The molecular formula is C18H33N5O. The van der Waals surface area contributed by atoms with Crippen LogP contribution in [0.15, 0.2) is 4.99 Å². The summed E-state index contributed by atoms with van der Waals surface area (Å²) in [5.41, 5.74) is 3.77. The normalized spacial score (nSPS) is 18.5. The van der Waals surface area contributed by atoms with Crippen LogP contribution in [0.5, 0.6) is 0 Å². The van der Waals surface area contributed by atoms with Crippen molar-refractivity contribution in [1.29, 1.82) is 0 Å². The first-order chi connectivity index (χ1) is 11.6. The quantitative estimate of drug-likeness (QED) is 0.611. The van der Waals surface area contributed by atoms with Gasteiger partial charge in [-0.2, -0.15) is 5.10 Å². The van der Waals surface area contributed by atoms with Gasteiger partial charge in [-0.25, -0.2) is 4.99 Å². The molecule has 0 spiro atoms. The van der Waals surface area contributed by atoms with E-state index in [1.165, 1.54) is 23.4 Å². The van der Waals surface area contributed by atoms with Gasteiger partial charge in [-0.15, -0.1) is 0 Å². The third-order valence-corrected chi connectivity index (χ3v) is 4.74. The zero-order chi connectivity index (χ0) is 17.5. The van der Waals surface area contributed by atoms with Gasteiger partial charge in [0.25, 0.3) is 0 Å². The van der Waals surface area contributed by atoms with Crippen LogP contribution in [0.4, 0.5) is 0 Å². The number of ether oxygens (including phenoxy) is 1. The highest BCUT2D eigenvalue weighted by Gasteiger charge is 2.25. The van der Waals surface area contributed by atoms with Gasteiger partial charge >= 0.3 is 0 Å². The van der Waals surface area contributed by atoms with Gasteiger partial charge in [0, 0.05) is 51.0 Å². The van der Waals surface area contributed by atoms with Crippen molar-refractivity contribution >= 4 is 5.96 Å². The number of aryl methyl sites for hydroxylation is 2. The van der Waals surface area contributed by atoms with Gasteiger partial charge in [-0.3, -0.25) is 4.68 Å². The Bertz CT molecular complexity index is 552. The fourth-order valence-electron chi connectivity index (χ4n) is 3.55. The number of guanidine groups is 1. The predicted molar refractivity (Wildman–Crippen MR) is 98.3 cm³/mol. The van der Waals surface area contributed by atoms with Crippen LogP contribution in [-0.4, -0.2) is 54.0 Å². The van der Waals surface area contributed by atoms with Crippen LogP contribution in [-0.2, 0) is 31.2 Å². The van der Waals surface area contributed by atoms with Crippen molar-refractivity contribution in [2.45, 2.75) is 46.6 Å². The smallest absolute Gasteiger partial charge is 0.194 e. The highest BCUT2D eigenvalue weighted by atomic mass is 16.5. The molecule has 0 saturated carbocycles. The van der Waals surface area contributed by atoms with Crippen molar-refractivity contribution in [2.24, 2.45) is 18.0 Å². The summed E-state index contributed by atoms with van der Waals surface area (Å²) in [4.78, 5) is 7.29. The van der Waals surface area contributed by atoms with Crippen molar-refractivity contribution < 1.29 is 4.74 Å². The first kappa shape index (κ1) is 18.8. The number of hydrogen-bond donors (Lipinski definition) is 1. The number of rotatable bonds is 7. The molecule has 6 nitrogen and oxygen atoms in total. The lowest BCUT2D eigenvalue weighted by Crippen LogP contribution is -2.40. The minimum Gasteiger partial charge on any atom is -0.384 e. The topological polar surface area (TPSA) is 54.7 Å². The highest BCUT2D eigenvalue weighted by molar-refractivity contribution is 5.80. The van der Waals surface area contributed by atoms with Gasteiger partial charge in [-0.1, -0.05) is 13.8 Å². The Labute approximate surface area is 146 Å². The molecule has 2 heterocycles. The molecule has 1 unspecified atom stereocenters. The van der Waals surface area contributed by atoms with E-state index in [1.54, 1.807) is 7.11 Å². The molecule has 1 atom stereocenters. The van der Waals surface area contributed by atoms with Crippen LogP contribution in [0.3, 0.4) is 0 Å². The van der Waals surface area contributed by atoms with E-state index in [0.717, 1.165) is 45.0 Å². The van der Waals surface area contributed by atoms with Crippen LogP contribution < -0.4 is 5.32 Å². The van der Waals surface area contributed by atoms with Gasteiger partial charge in [0.1, 0.15) is 0 Å². The first-order valence-electron chi connectivity index (χ1n) is 9.20. The summed E-state index contributed by atoms with van der Waals surface area (Å²) >= 11 is 0. The molecule has 1 aromatic rings. The summed E-state index contributed by atoms with van der Waals surface area (Å²) in [5.74, 6) is 1.62. The average molecular weight is 335 g/mol. The number of hydrogen-bond acceptors (Lipinski definition) is 3. The van der Waals surface area contributed by atoms with E-state index in [9.17, 15) is 0 Å². The second kappa shape index (κ2) is 9.06. The summed E-state index contributed by atoms with van der Waals surface area (Å²) in [6.45, 7) is 11.0. The molecule has 24 heavy (non-hydrogen) atoms. The van der Waals surface area contributed by atoms with Crippen molar-refractivity contribution in [1.82, 2.24) is 20.0 Å². The molecule has 1 aliphatic heterocycles. The monoisotopic (exact) mass is 335 g/mol. The molecule has 1 aliphatic rings. The van der Waals surface area contributed by atoms with E-state index in [-0.39, 0.29) is 0 Å². The first-order valence-corrected chi connectivity index (χ1v) is 9.20. The zero-order valence-corrected chi connectivity index (χ0v) is 15.9. The second-order valence-corrected chi connectivity index (χ2v) is 6.43. The van der Waals surface area contributed by atoms with Crippen molar-refractivity contribution in [2.75, 3.05) is 33.4 Å². The Morgan fingerprint density at radius 1 is 1.33 bits per heavy atom. The number of aromatic nitrogens is 2. The Kier molecular flexibility index (Phi) is 7.09. The molecular weight excluding hydrogens is 302 g/mol. The third-order valence-electron chi connectivity index (χ3n) is 4.74. The molecule has 1 N–H and O–H groups in total. The molecule has 0 amide bonds. The van der Waals surface area contributed by atoms with E-state index in [2.05, 4.69) is 36.1 Å². The summed E-state index contributed by atoms with van der Waals surface area (Å²) < 4.78 is 7.32. The SMILES string of the molecule is CCNC(=NCc1c(CC)nn(C)c1CC)N1CCC(COC)C1. The Morgan fingerprint density at radius 3 is 2.75 bits per heavy atom. The number of nitrogens with zero attached hydrogens (tertiary/aromatic N) is 4. The Hall–Kier alpha value is -1.56. The highest BCUT2D eigenvalue weighted by Crippen LogP contribution is 2.19. The van der Waals surface area contributed by atoms with Crippen LogP contribution in [0.1, 0.15) is 44.1 Å². The molecule has 6 heteroatoms. The maximum Gasteiger partial charge on any atom is 0.194 e. The van der Waals surface area contributed by atoms with Gasteiger partial charge < -0.3 is 15.0 Å².